The first kappa shape index (κ1) is 20.9. The Kier molecular flexibility index (Phi) is 8.55. The van der Waals surface area contributed by atoms with E-state index in [4.69, 9.17) is 14.9 Å². The van der Waals surface area contributed by atoms with Gasteiger partial charge in [0.2, 0.25) is 0 Å². The number of aliphatic carboxylic acids is 2. The highest BCUT2D eigenvalue weighted by atomic mass is 16.6. The average molecular weight is 368 g/mol. The van der Waals surface area contributed by atoms with Gasteiger partial charge in [-0.15, -0.1) is 0 Å². The summed E-state index contributed by atoms with van der Waals surface area (Å²) < 4.78 is 4.91. The molecule has 10 nitrogen and oxygen atoms in total. The fourth-order valence-electron chi connectivity index (χ4n) is 2.11. The minimum atomic E-state index is -1.21. The molecule has 0 heterocycles. The first-order chi connectivity index (χ1) is 12.3. The van der Waals surface area contributed by atoms with Crippen LogP contribution in [0.4, 0.5) is 10.5 Å². The largest absolute Gasteiger partial charge is 0.481 e. The minimum absolute atomic E-state index is 0.0163. The van der Waals surface area contributed by atoms with Crippen LogP contribution in [0.3, 0.4) is 0 Å². The van der Waals surface area contributed by atoms with Crippen LogP contribution in [-0.2, 0) is 20.9 Å². The van der Waals surface area contributed by atoms with Gasteiger partial charge in [0.25, 0.3) is 5.69 Å². The van der Waals surface area contributed by atoms with Crippen molar-refractivity contribution >= 4 is 23.7 Å². The second kappa shape index (κ2) is 10.6. The van der Waals surface area contributed by atoms with Crippen molar-refractivity contribution < 1.29 is 34.3 Å². The lowest BCUT2D eigenvalue weighted by atomic mass is 10.1. The van der Waals surface area contributed by atoms with Crippen molar-refractivity contribution in [3.63, 3.8) is 0 Å². The molecule has 0 aliphatic heterocycles. The Labute approximate surface area is 148 Å². The zero-order valence-electron chi connectivity index (χ0n) is 13.9. The number of nitro benzene ring substituents is 1. The fraction of sp³-hybridized carbons (Fsp3) is 0.438. The SMILES string of the molecule is O=C(O)CCCCC[C@@H](NC(=O)OCc1ccc([N+](=O)[O-])cc1)C(=O)O. The third-order valence-electron chi connectivity index (χ3n) is 3.49. The molecular formula is C16H20N2O8. The van der Waals surface area contributed by atoms with Crippen molar-refractivity contribution in [2.24, 2.45) is 0 Å². The molecule has 0 aromatic heterocycles. The summed E-state index contributed by atoms with van der Waals surface area (Å²) in [7, 11) is 0. The van der Waals surface area contributed by atoms with Crippen LogP contribution in [0.15, 0.2) is 24.3 Å². The number of carboxylic acids is 2. The van der Waals surface area contributed by atoms with Gasteiger partial charge < -0.3 is 20.3 Å². The Morgan fingerprint density at radius 2 is 1.77 bits per heavy atom. The molecule has 0 saturated carbocycles. The van der Waals surface area contributed by atoms with Gasteiger partial charge in [-0.1, -0.05) is 12.8 Å². The van der Waals surface area contributed by atoms with Gasteiger partial charge in [-0.25, -0.2) is 9.59 Å². The summed E-state index contributed by atoms with van der Waals surface area (Å²) in [6, 6.07) is 4.27. The molecule has 0 bridgehead atoms. The molecule has 0 unspecified atom stereocenters. The number of alkyl carbamates (subject to hydrolysis) is 1. The standard InChI is InChI=1S/C16H20N2O8/c19-14(20)5-3-1-2-4-13(15(21)22)17-16(23)26-10-11-6-8-12(9-7-11)18(24)25/h6-9,13H,1-5,10H2,(H,17,23)(H,19,20)(H,21,22)/t13-/m1/s1. The molecule has 0 aliphatic rings. The maximum absolute atomic E-state index is 11.7. The van der Waals surface area contributed by atoms with Crippen molar-refractivity contribution in [3.8, 4) is 0 Å². The van der Waals surface area contributed by atoms with E-state index in [9.17, 15) is 24.5 Å². The number of carboxylic acid groups (broad SMARTS) is 2. The number of nitro groups is 1. The molecule has 1 rings (SSSR count). The highest BCUT2D eigenvalue weighted by molar-refractivity contribution is 5.79. The predicted octanol–water partition coefficient (Wildman–Crippen LogP) is 2.31. The van der Waals surface area contributed by atoms with Crippen molar-refractivity contribution in [2.45, 2.75) is 44.8 Å². The van der Waals surface area contributed by atoms with Gasteiger partial charge in [0.15, 0.2) is 0 Å². The van der Waals surface area contributed by atoms with Gasteiger partial charge in [0, 0.05) is 18.6 Å². The maximum Gasteiger partial charge on any atom is 0.408 e. The first-order valence-corrected chi connectivity index (χ1v) is 7.91. The molecule has 1 atom stereocenters. The number of rotatable bonds is 11. The summed E-state index contributed by atoms with van der Waals surface area (Å²) in [5.41, 5.74) is 0.429. The summed E-state index contributed by atoms with van der Waals surface area (Å²) in [4.78, 5) is 43.2. The fourth-order valence-corrected chi connectivity index (χ4v) is 2.11. The van der Waals surface area contributed by atoms with E-state index in [2.05, 4.69) is 5.32 Å². The van der Waals surface area contributed by atoms with E-state index in [1.54, 1.807) is 0 Å². The zero-order chi connectivity index (χ0) is 19.5. The molecule has 0 radical (unpaired) electrons. The average Bonchev–Trinajstić information content (AvgIpc) is 2.58. The molecule has 142 valence electrons. The molecule has 1 aromatic carbocycles. The van der Waals surface area contributed by atoms with Crippen LogP contribution in [0.2, 0.25) is 0 Å². The van der Waals surface area contributed by atoms with Crippen LogP contribution in [0.25, 0.3) is 0 Å². The Balaban J connectivity index is 2.38. The van der Waals surface area contributed by atoms with E-state index in [1.807, 2.05) is 0 Å². The van der Waals surface area contributed by atoms with Crippen molar-refractivity contribution in [3.05, 3.63) is 39.9 Å². The normalized spacial score (nSPS) is 11.4. The van der Waals surface area contributed by atoms with Gasteiger partial charge in [0.1, 0.15) is 12.6 Å². The number of carbonyl (C=O) groups is 3. The number of hydrogen-bond acceptors (Lipinski definition) is 6. The van der Waals surface area contributed by atoms with E-state index in [1.165, 1.54) is 24.3 Å². The Morgan fingerprint density at radius 1 is 1.12 bits per heavy atom. The highest BCUT2D eigenvalue weighted by Crippen LogP contribution is 2.13. The second-order valence-electron chi connectivity index (χ2n) is 5.53. The van der Waals surface area contributed by atoms with Crippen LogP contribution >= 0.6 is 0 Å². The van der Waals surface area contributed by atoms with Gasteiger partial charge >= 0.3 is 18.0 Å². The topological polar surface area (TPSA) is 156 Å². The van der Waals surface area contributed by atoms with Crippen molar-refractivity contribution in [1.82, 2.24) is 5.32 Å². The van der Waals surface area contributed by atoms with Gasteiger partial charge in [-0.05, 0) is 30.5 Å². The smallest absolute Gasteiger partial charge is 0.408 e. The number of carbonyl (C=O) groups excluding carboxylic acids is 1. The third-order valence-corrected chi connectivity index (χ3v) is 3.49. The number of benzene rings is 1. The Bertz CT molecular complexity index is 644. The lowest BCUT2D eigenvalue weighted by Gasteiger charge is -2.14. The van der Waals surface area contributed by atoms with Gasteiger partial charge in [-0.3, -0.25) is 14.9 Å². The van der Waals surface area contributed by atoms with Crippen molar-refractivity contribution in [2.75, 3.05) is 0 Å². The van der Waals surface area contributed by atoms with Crippen LogP contribution in [0.1, 0.15) is 37.7 Å². The number of amides is 1. The quantitative estimate of drug-likeness (QED) is 0.305. The molecule has 0 spiro atoms. The number of nitrogens with zero attached hydrogens (tertiary/aromatic N) is 1. The van der Waals surface area contributed by atoms with E-state index in [0.29, 0.717) is 24.8 Å². The maximum atomic E-state index is 11.7. The zero-order valence-corrected chi connectivity index (χ0v) is 13.9. The second-order valence-corrected chi connectivity index (χ2v) is 5.53. The van der Waals surface area contributed by atoms with E-state index >= 15 is 0 Å². The number of unbranched alkanes of at least 4 members (excludes halogenated alkanes) is 2. The van der Waals surface area contributed by atoms with Crippen LogP contribution < -0.4 is 5.32 Å². The molecule has 10 heteroatoms. The molecule has 0 saturated heterocycles. The van der Waals surface area contributed by atoms with Gasteiger partial charge in [-0.2, -0.15) is 0 Å². The van der Waals surface area contributed by atoms with Gasteiger partial charge in [0.05, 0.1) is 4.92 Å². The summed E-state index contributed by atoms with van der Waals surface area (Å²) in [5, 5.41) is 30.4. The molecule has 3 N–H and O–H groups in total. The predicted molar refractivity (Wildman–Crippen MR) is 88.6 cm³/mol. The molecule has 0 fully saturated rings. The lowest BCUT2D eigenvalue weighted by Crippen LogP contribution is -2.41. The molecular weight excluding hydrogens is 348 g/mol. The Morgan fingerprint density at radius 3 is 2.31 bits per heavy atom. The molecule has 1 aromatic rings. The molecule has 26 heavy (non-hydrogen) atoms. The monoisotopic (exact) mass is 368 g/mol. The van der Waals surface area contributed by atoms with Crippen LogP contribution in [0.5, 0.6) is 0 Å². The van der Waals surface area contributed by atoms with E-state index in [-0.39, 0.29) is 25.1 Å². The third kappa shape index (κ3) is 8.08. The van der Waals surface area contributed by atoms with Crippen LogP contribution in [-0.4, -0.2) is 39.2 Å². The minimum Gasteiger partial charge on any atom is -0.481 e. The summed E-state index contributed by atoms with van der Waals surface area (Å²) in [5.74, 6) is -2.12. The highest BCUT2D eigenvalue weighted by Gasteiger charge is 2.20. The summed E-state index contributed by atoms with van der Waals surface area (Å²) >= 11 is 0. The molecule has 0 aliphatic carbocycles. The number of non-ortho nitro benzene ring substituents is 1. The van der Waals surface area contributed by atoms with E-state index < -0.39 is 29.0 Å². The van der Waals surface area contributed by atoms with E-state index in [0.717, 1.165) is 0 Å². The number of ether oxygens (including phenoxy) is 1. The Hall–Kier alpha value is -3.17. The lowest BCUT2D eigenvalue weighted by molar-refractivity contribution is -0.384. The molecule has 1 amide bonds. The number of hydrogen-bond donors (Lipinski definition) is 3. The first-order valence-electron chi connectivity index (χ1n) is 7.91. The summed E-state index contributed by atoms with van der Waals surface area (Å²) in [6.45, 7) is -0.158. The number of nitrogens with one attached hydrogen (secondary N) is 1. The summed E-state index contributed by atoms with van der Waals surface area (Å²) in [6.07, 6.45) is 0.681. The van der Waals surface area contributed by atoms with Crippen molar-refractivity contribution in [1.29, 1.82) is 0 Å². The van der Waals surface area contributed by atoms with Crippen LogP contribution in [0, 0.1) is 10.1 Å².